The van der Waals surface area contributed by atoms with E-state index in [4.69, 9.17) is 0 Å². The molecule has 43 heavy (non-hydrogen) atoms. The van der Waals surface area contributed by atoms with Crippen molar-refractivity contribution in [2.75, 3.05) is 38.0 Å². The van der Waals surface area contributed by atoms with Gasteiger partial charge >= 0.3 is 12.4 Å². The Labute approximate surface area is 242 Å². The second-order valence-corrected chi connectivity index (χ2v) is 10.9. The van der Waals surface area contributed by atoms with Gasteiger partial charge in [-0.15, -0.1) is 0 Å². The number of aromatic nitrogens is 1. The van der Waals surface area contributed by atoms with Crippen LogP contribution >= 0.6 is 0 Å². The van der Waals surface area contributed by atoms with Crippen molar-refractivity contribution < 1.29 is 31.4 Å². The maximum atomic E-state index is 14.0. The summed E-state index contributed by atoms with van der Waals surface area (Å²) in [5, 5.41) is 13.4. The van der Waals surface area contributed by atoms with Gasteiger partial charge in [0.2, 0.25) is 0 Å². The van der Waals surface area contributed by atoms with Crippen molar-refractivity contribution in [1.82, 2.24) is 4.98 Å². The third-order valence-corrected chi connectivity index (χ3v) is 7.77. The molecule has 0 amide bonds. The van der Waals surface area contributed by atoms with E-state index in [0.29, 0.717) is 27.1 Å². The Morgan fingerprint density at radius 1 is 0.512 bits per heavy atom. The zero-order chi connectivity index (χ0) is 31.0. The standard InChI is InChI=1S/C33H25F6N3O/c1-41(2)19-7-9-21-23(15-19)31(43)24-16-20(42(3)4)8-10-22(24)29(21)30-25-13-17(32(34,35)36)5-11-27(25)40-28-12-6-18(14-26(28)30)33(37,38)39/h5-16,43H,1-4H3. The van der Waals surface area contributed by atoms with Gasteiger partial charge in [0.1, 0.15) is 5.75 Å². The number of halogens is 6. The van der Waals surface area contributed by atoms with Crippen molar-refractivity contribution >= 4 is 54.7 Å². The maximum Gasteiger partial charge on any atom is 0.416 e. The Kier molecular flexibility index (Phi) is 6.37. The first-order valence-electron chi connectivity index (χ1n) is 13.2. The summed E-state index contributed by atoms with van der Waals surface area (Å²) in [5.41, 5.74) is 0.550. The molecule has 0 radical (unpaired) electrons. The first kappa shape index (κ1) is 28.4. The van der Waals surface area contributed by atoms with Gasteiger partial charge in [0.15, 0.2) is 0 Å². The second kappa shape index (κ2) is 9.65. The number of pyridine rings is 1. The van der Waals surface area contributed by atoms with Crippen LogP contribution in [0.5, 0.6) is 5.75 Å². The van der Waals surface area contributed by atoms with Crippen LogP contribution in [0.15, 0.2) is 72.8 Å². The van der Waals surface area contributed by atoms with Crippen LogP contribution in [0.3, 0.4) is 0 Å². The summed E-state index contributed by atoms with van der Waals surface area (Å²) in [7, 11) is 7.30. The topological polar surface area (TPSA) is 39.6 Å². The van der Waals surface area contributed by atoms with Crippen molar-refractivity contribution in [2.45, 2.75) is 12.4 Å². The van der Waals surface area contributed by atoms with Crippen molar-refractivity contribution in [1.29, 1.82) is 0 Å². The largest absolute Gasteiger partial charge is 0.507 e. The molecule has 0 saturated heterocycles. The van der Waals surface area contributed by atoms with Gasteiger partial charge in [-0.25, -0.2) is 4.98 Å². The molecule has 0 aliphatic carbocycles. The molecule has 0 unspecified atom stereocenters. The van der Waals surface area contributed by atoms with Gasteiger partial charge < -0.3 is 14.9 Å². The minimum Gasteiger partial charge on any atom is -0.507 e. The molecule has 4 nitrogen and oxygen atoms in total. The van der Waals surface area contributed by atoms with Gasteiger partial charge in [0.05, 0.1) is 22.2 Å². The summed E-state index contributed by atoms with van der Waals surface area (Å²) in [4.78, 5) is 8.13. The number of hydrogen-bond acceptors (Lipinski definition) is 4. The Hall–Kier alpha value is -4.73. The Balaban J connectivity index is 1.90. The molecule has 6 aromatic rings. The maximum absolute atomic E-state index is 14.0. The molecule has 0 aliphatic heterocycles. The quantitative estimate of drug-likeness (QED) is 0.164. The number of alkyl halides is 6. The van der Waals surface area contributed by atoms with E-state index in [-0.39, 0.29) is 33.1 Å². The molecule has 1 N–H and O–H groups in total. The summed E-state index contributed by atoms with van der Waals surface area (Å²) >= 11 is 0. The molecule has 0 saturated carbocycles. The predicted molar refractivity (Wildman–Crippen MR) is 160 cm³/mol. The van der Waals surface area contributed by atoms with Crippen molar-refractivity contribution in [3.8, 4) is 16.9 Å². The number of nitrogens with zero attached hydrogens (tertiary/aromatic N) is 3. The van der Waals surface area contributed by atoms with Crippen molar-refractivity contribution in [3.05, 3.63) is 83.9 Å². The fourth-order valence-corrected chi connectivity index (χ4v) is 5.57. The van der Waals surface area contributed by atoms with Crippen LogP contribution in [-0.4, -0.2) is 38.3 Å². The minimum absolute atomic E-state index is 0.0447. The third-order valence-electron chi connectivity index (χ3n) is 7.77. The highest BCUT2D eigenvalue weighted by Gasteiger charge is 2.33. The summed E-state index contributed by atoms with van der Waals surface area (Å²) in [6.45, 7) is 0. The normalized spacial score (nSPS) is 12.5. The lowest BCUT2D eigenvalue weighted by Crippen LogP contribution is -2.09. The zero-order valence-corrected chi connectivity index (χ0v) is 23.5. The van der Waals surface area contributed by atoms with Crippen LogP contribution < -0.4 is 9.80 Å². The number of phenolic OH excluding ortho intramolecular Hbond substituents is 1. The Bertz CT molecular complexity index is 1940. The number of benzene rings is 5. The fourth-order valence-electron chi connectivity index (χ4n) is 5.57. The summed E-state index contributed by atoms with van der Waals surface area (Å²) < 4.78 is 83.8. The molecule has 10 heteroatoms. The molecule has 0 aliphatic rings. The molecule has 220 valence electrons. The predicted octanol–water partition coefficient (Wildman–Crippen LogP) is 9.24. The number of phenols is 1. The van der Waals surface area contributed by atoms with E-state index in [2.05, 4.69) is 4.98 Å². The molecule has 5 aromatic carbocycles. The summed E-state index contributed by atoms with van der Waals surface area (Å²) in [5.74, 6) is -0.0456. The Morgan fingerprint density at radius 2 is 0.907 bits per heavy atom. The number of hydrogen-bond donors (Lipinski definition) is 1. The SMILES string of the molecule is CN(C)c1ccc2c(-c3c4cc(C(F)(F)F)ccc4nc4ccc(C(F)(F)F)cc34)c3ccc(N(C)C)cc3c(O)c2c1. The lowest BCUT2D eigenvalue weighted by Gasteiger charge is -2.22. The van der Waals surface area contributed by atoms with Crippen LogP contribution in [-0.2, 0) is 12.4 Å². The Morgan fingerprint density at radius 3 is 1.28 bits per heavy atom. The van der Waals surface area contributed by atoms with E-state index in [0.717, 1.165) is 35.6 Å². The lowest BCUT2D eigenvalue weighted by atomic mass is 9.86. The second-order valence-electron chi connectivity index (χ2n) is 10.9. The lowest BCUT2D eigenvalue weighted by molar-refractivity contribution is -0.138. The van der Waals surface area contributed by atoms with E-state index in [1.165, 1.54) is 12.1 Å². The number of anilines is 2. The van der Waals surface area contributed by atoms with E-state index in [1.54, 1.807) is 36.4 Å². The number of aromatic hydroxyl groups is 1. The average molecular weight is 594 g/mol. The van der Waals surface area contributed by atoms with Crippen LogP contribution in [0.1, 0.15) is 11.1 Å². The highest BCUT2D eigenvalue weighted by molar-refractivity contribution is 6.24. The first-order valence-corrected chi connectivity index (χ1v) is 13.2. The van der Waals surface area contributed by atoms with E-state index < -0.39 is 23.5 Å². The molecule has 0 atom stereocenters. The van der Waals surface area contributed by atoms with E-state index in [1.807, 2.05) is 38.0 Å². The molecule has 6 rings (SSSR count). The molecule has 0 spiro atoms. The van der Waals surface area contributed by atoms with Gasteiger partial charge in [-0.2, -0.15) is 26.3 Å². The van der Waals surface area contributed by atoms with Crippen LogP contribution in [0.4, 0.5) is 37.7 Å². The van der Waals surface area contributed by atoms with Crippen molar-refractivity contribution in [3.63, 3.8) is 0 Å². The molecular formula is C33H25F6N3O. The smallest absolute Gasteiger partial charge is 0.416 e. The van der Waals surface area contributed by atoms with Crippen LogP contribution in [0.2, 0.25) is 0 Å². The molecule has 0 fully saturated rings. The van der Waals surface area contributed by atoms with Crippen LogP contribution in [0.25, 0.3) is 54.5 Å². The molecule has 1 heterocycles. The summed E-state index contributed by atoms with van der Waals surface area (Å²) in [6, 6.07) is 16.7. The molecule has 1 aromatic heterocycles. The third kappa shape index (κ3) is 4.70. The van der Waals surface area contributed by atoms with Gasteiger partial charge in [-0.05, 0) is 77.0 Å². The highest BCUT2D eigenvalue weighted by Crippen LogP contribution is 2.49. The molecular weight excluding hydrogens is 568 g/mol. The zero-order valence-electron chi connectivity index (χ0n) is 23.5. The van der Waals surface area contributed by atoms with Gasteiger partial charge in [-0.3, -0.25) is 0 Å². The van der Waals surface area contributed by atoms with Gasteiger partial charge in [0.25, 0.3) is 0 Å². The van der Waals surface area contributed by atoms with Crippen LogP contribution in [0, 0.1) is 0 Å². The number of rotatable bonds is 3. The number of fused-ring (bicyclic) bond motifs is 4. The highest BCUT2D eigenvalue weighted by atomic mass is 19.4. The van der Waals surface area contributed by atoms with E-state index >= 15 is 0 Å². The monoisotopic (exact) mass is 593 g/mol. The average Bonchev–Trinajstić information content (AvgIpc) is 2.94. The van der Waals surface area contributed by atoms with Gasteiger partial charge in [-0.1, -0.05) is 12.1 Å². The minimum atomic E-state index is -4.70. The van der Waals surface area contributed by atoms with Crippen molar-refractivity contribution in [2.24, 2.45) is 0 Å². The van der Waals surface area contributed by atoms with Gasteiger partial charge in [0, 0.05) is 66.7 Å². The molecule has 0 bridgehead atoms. The summed E-state index contributed by atoms with van der Waals surface area (Å²) in [6.07, 6.45) is -9.40. The first-order chi connectivity index (χ1) is 20.1. The van der Waals surface area contributed by atoms with E-state index in [9.17, 15) is 31.4 Å². The fraction of sp³-hybridized carbons (Fsp3) is 0.182.